The Labute approximate surface area is 100 Å². The van der Waals surface area contributed by atoms with Crippen LogP contribution in [0.2, 0.25) is 0 Å². The Balaban J connectivity index is 2.40. The predicted octanol–water partition coefficient (Wildman–Crippen LogP) is 3.07. The van der Waals surface area contributed by atoms with Crippen LogP contribution in [0.4, 0.5) is 0 Å². The third-order valence-electron chi connectivity index (χ3n) is 2.71. The van der Waals surface area contributed by atoms with E-state index in [1.54, 1.807) is 0 Å². The molecule has 0 aliphatic heterocycles. The second-order valence-electron chi connectivity index (χ2n) is 3.90. The molecule has 0 aliphatic rings. The van der Waals surface area contributed by atoms with Gasteiger partial charge < -0.3 is 5.32 Å². The highest BCUT2D eigenvalue weighted by atomic mass is 32.1. The smallest absolute Gasteiger partial charge is 0.0672 e. The number of aromatic nitrogens is 1. The Morgan fingerprint density at radius 2 is 2.06 bits per heavy atom. The molecule has 2 rings (SSSR count). The van der Waals surface area contributed by atoms with Crippen molar-refractivity contribution in [2.45, 2.75) is 19.9 Å². The van der Waals surface area contributed by atoms with Crippen molar-refractivity contribution in [3.05, 3.63) is 51.5 Å². The van der Waals surface area contributed by atoms with E-state index in [1.807, 2.05) is 30.8 Å². The van der Waals surface area contributed by atoms with Crippen LogP contribution in [0.3, 0.4) is 0 Å². The van der Waals surface area contributed by atoms with Crippen LogP contribution >= 0.6 is 11.3 Å². The molecule has 1 N–H and O–H groups in total. The molecule has 2 aromatic heterocycles. The van der Waals surface area contributed by atoms with Crippen molar-refractivity contribution in [1.82, 2.24) is 10.3 Å². The van der Waals surface area contributed by atoms with E-state index in [0.29, 0.717) is 0 Å². The minimum atomic E-state index is 0.279. The average Bonchev–Trinajstić information content (AvgIpc) is 2.69. The van der Waals surface area contributed by atoms with Gasteiger partial charge in [-0.2, -0.15) is 0 Å². The second kappa shape index (κ2) is 4.76. The van der Waals surface area contributed by atoms with Crippen LogP contribution in [0.25, 0.3) is 0 Å². The maximum atomic E-state index is 4.14. The number of rotatable bonds is 3. The Morgan fingerprint density at radius 1 is 1.25 bits per heavy atom. The highest BCUT2D eigenvalue weighted by molar-refractivity contribution is 7.12. The quantitative estimate of drug-likeness (QED) is 0.879. The summed E-state index contributed by atoms with van der Waals surface area (Å²) >= 11 is 1.84. The first-order chi connectivity index (χ1) is 7.72. The summed E-state index contributed by atoms with van der Waals surface area (Å²) in [7, 11) is 2.00. The van der Waals surface area contributed by atoms with E-state index in [4.69, 9.17) is 0 Å². The molecule has 0 aromatic carbocycles. The van der Waals surface area contributed by atoms with E-state index < -0.39 is 0 Å². The van der Waals surface area contributed by atoms with Crippen molar-refractivity contribution in [3.63, 3.8) is 0 Å². The standard InChI is InChI=1S/C13H16N2S/c1-9-8-15-7-6-11(9)13(14-3)12-5-4-10(2)16-12/h4-8,13-14H,1-3H3. The Kier molecular flexibility index (Phi) is 3.36. The van der Waals surface area contributed by atoms with Gasteiger partial charge in [0.2, 0.25) is 0 Å². The average molecular weight is 232 g/mol. The maximum Gasteiger partial charge on any atom is 0.0672 e. The lowest BCUT2D eigenvalue weighted by molar-refractivity contribution is 0.698. The first-order valence-corrected chi connectivity index (χ1v) is 6.18. The molecule has 0 saturated heterocycles. The first kappa shape index (κ1) is 11.3. The molecule has 84 valence electrons. The van der Waals surface area contributed by atoms with Crippen molar-refractivity contribution in [2.24, 2.45) is 0 Å². The Morgan fingerprint density at radius 3 is 2.62 bits per heavy atom. The normalized spacial score (nSPS) is 12.7. The maximum absolute atomic E-state index is 4.14. The van der Waals surface area contributed by atoms with Crippen LogP contribution in [0.5, 0.6) is 0 Å². The van der Waals surface area contributed by atoms with Crippen molar-refractivity contribution in [2.75, 3.05) is 7.05 Å². The summed E-state index contributed by atoms with van der Waals surface area (Å²) in [4.78, 5) is 6.84. The number of hydrogen-bond donors (Lipinski definition) is 1. The number of nitrogens with one attached hydrogen (secondary N) is 1. The zero-order valence-electron chi connectivity index (χ0n) is 9.82. The first-order valence-electron chi connectivity index (χ1n) is 5.36. The van der Waals surface area contributed by atoms with Crippen molar-refractivity contribution >= 4 is 11.3 Å². The molecular weight excluding hydrogens is 216 g/mol. The summed E-state index contributed by atoms with van der Waals surface area (Å²) < 4.78 is 0. The largest absolute Gasteiger partial charge is 0.309 e. The van der Waals surface area contributed by atoms with Crippen LogP contribution in [0.1, 0.15) is 26.9 Å². The van der Waals surface area contributed by atoms with Gasteiger partial charge in [-0.1, -0.05) is 0 Å². The van der Waals surface area contributed by atoms with Gasteiger partial charge >= 0.3 is 0 Å². The van der Waals surface area contributed by atoms with Crippen molar-refractivity contribution < 1.29 is 0 Å². The molecular formula is C13H16N2S. The van der Waals surface area contributed by atoms with Gasteiger partial charge in [-0.15, -0.1) is 11.3 Å². The summed E-state index contributed by atoms with van der Waals surface area (Å²) in [5.74, 6) is 0. The van der Waals surface area contributed by atoms with Crippen LogP contribution in [0.15, 0.2) is 30.6 Å². The van der Waals surface area contributed by atoms with Crippen LogP contribution in [-0.2, 0) is 0 Å². The van der Waals surface area contributed by atoms with E-state index in [9.17, 15) is 0 Å². The van der Waals surface area contributed by atoms with Gasteiger partial charge in [0.1, 0.15) is 0 Å². The SMILES string of the molecule is CNC(c1ccc(C)s1)c1ccncc1C. The fourth-order valence-corrected chi connectivity index (χ4v) is 2.87. The fraction of sp³-hybridized carbons (Fsp3) is 0.308. The summed E-state index contributed by atoms with van der Waals surface area (Å²) in [6.07, 6.45) is 3.77. The van der Waals surface area contributed by atoms with Gasteiger partial charge in [-0.3, -0.25) is 4.98 Å². The van der Waals surface area contributed by atoms with E-state index in [-0.39, 0.29) is 6.04 Å². The topological polar surface area (TPSA) is 24.9 Å². The number of nitrogens with zero attached hydrogens (tertiary/aromatic N) is 1. The molecule has 2 nitrogen and oxygen atoms in total. The van der Waals surface area contributed by atoms with Crippen molar-refractivity contribution in [3.8, 4) is 0 Å². The molecule has 1 unspecified atom stereocenters. The summed E-state index contributed by atoms with van der Waals surface area (Å²) in [6, 6.07) is 6.73. The number of aryl methyl sites for hydroxylation is 2. The molecule has 0 fully saturated rings. The third kappa shape index (κ3) is 2.15. The molecule has 1 atom stereocenters. The highest BCUT2D eigenvalue weighted by Gasteiger charge is 2.15. The molecule has 0 bridgehead atoms. The molecule has 0 saturated carbocycles. The van der Waals surface area contributed by atoms with E-state index in [0.717, 1.165) is 0 Å². The van der Waals surface area contributed by atoms with Gasteiger partial charge in [0.25, 0.3) is 0 Å². The lowest BCUT2D eigenvalue weighted by Crippen LogP contribution is -2.17. The molecule has 2 heterocycles. The van der Waals surface area contributed by atoms with Gasteiger partial charge in [0.05, 0.1) is 6.04 Å². The molecule has 0 amide bonds. The van der Waals surface area contributed by atoms with E-state index >= 15 is 0 Å². The minimum Gasteiger partial charge on any atom is -0.309 e. The second-order valence-corrected chi connectivity index (χ2v) is 5.22. The lowest BCUT2D eigenvalue weighted by Gasteiger charge is -2.16. The molecule has 3 heteroatoms. The Hall–Kier alpha value is -1.19. The molecule has 0 radical (unpaired) electrons. The molecule has 2 aromatic rings. The van der Waals surface area contributed by atoms with Crippen molar-refractivity contribution in [1.29, 1.82) is 0 Å². The monoisotopic (exact) mass is 232 g/mol. The van der Waals surface area contributed by atoms with E-state index in [1.165, 1.54) is 20.9 Å². The molecule has 16 heavy (non-hydrogen) atoms. The minimum absolute atomic E-state index is 0.279. The van der Waals surface area contributed by atoms with Crippen LogP contribution in [-0.4, -0.2) is 12.0 Å². The highest BCUT2D eigenvalue weighted by Crippen LogP contribution is 2.29. The fourth-order valence-electron chi connectivity index (χ4n) is 1.87. The molecule has 0 spiro atoms. The van der Waals surface area contributed by atoms with Crippen LogP contribution < -0.4 is 5.32 Å². The summed E-state index contributed by atoms with van der Waals surface area (Å²) in [5, 5.41) is 3.37. The zero-order valence-corrected chi connectivity index (χ0v) is 10.6. The summed E-state index contributed by atoms with van der Waals surface area (Å²) in [5.41, 5.74) is 2.53. The Bertz CT molecular complexity index is 476. The zero-order chi connectivity index (χ0) is 11.5. The van der Waals surface area contributed by atoms with Gasteiger partial charge in [-0.05, 0) is 50.2 Å². The van der Waals surface area contributed by atoms with E-state index in [2.05, 4.69) is 42.3 Å². The van der Waals surface area contributed by atoms with Gasteiger partial charge in [0, 0.05) is 22.1 Å². The number of hydrogen-bond acceptors (Lipinski definition) is 3. The predicted molar refractivity (Wildman–Crippen MR) is 68.9 cm³/mol. The molecule has 0 aliphatic carbocycles. The van der Waals surface area contributed by atoms with Gasteiger partial charge in [-0.25, -0.2) is 0 Å². The number of pyridine rings is 1. The van der Waals surface area contributed by atoms with Crippen LogP contribution in [0, 0.1) is 13.8 Å². The third-order valence-corrected chi connectivity index (χ3v) is 3.77. The van der Waals surface area contributed by atoms with Gasteiger partial charge in [0.15, 0.2) is 0 Å². The number of thiophene rings is 1. The summed E-state index contributed by atoms with van der Waals surface area (Å²) in [6.45, 7) is 4.24. The lowest BCUT2D eigenvalue weighted by atomic mass is 10.0.